The van der Waals surface area contributed by atoms with Gasteiger partial charge in [0.1, 0.15) is 0 Å². The smallest absolute Gasteiger partial charge is 0.0747 e. The highest BCUT2D eigenvalue weighted by molar-refractivity contribution is 6.30. The molecule has 0 amide bonds. The van der Waals surface area contributed by atoms with Crippen LogP contribution in [0.2, 0.25) is 5.02 Å². The van der Waals surface area contributed by atoms with Gasteiger partial charge in [-0.15, -0.1) is 0 Å². The molecule has 1 N–H and O–H groups in total. The number of piperidine rings is 1. The number of benzene rings is 2. The van der Waals surface area contributed by atoms with Crippen LogP contribution in [-0.4, -0.2) is 13.1 Å². The Labute approximate surface area is 136 Å². The van der Waals surface area contributed by atoms with Gasteiger partial charge in [0.25, 0.3) is 0 Å². The van der Waals surface area contributed by atoms with Crippen LogP contribution in [0.1, 0.15) is 24.3 Å². The van der Waals surface area contributed by atoms with Gasteiger partial charge in [0.15, 0.2) is 0 Å². The Balaban J connectivity index is 1.99. The zero-order chi connectivity index (χ0) is 15.4. The van der Waals surface area contributed by atoms with Crippen molar-refractivity contribution in [2.45, 2.75) is 18.8 Å². The summed E-state index contributed by atoms with van der Waals surface area (Å²) in [6.45, 7) is 2.01. The first-order chi connectivity index (χ1) is 10.8. The van der Waals surface area contributed by atoms with Crippen LogP contribution in [0.3, 0.4) is 0 Å². The van der Waals surface area contributed by atoms with Gasteiger partial charge in [0.2, 0.25) is 0 Å². The Bertz CT molecular complexity index is 667. The molecule has 1 heterocycles. The molecular weight excluding hydrogens is 292 g/mol. The second-order valence-corrected chi connectivity index (χ2v) is 6.22. The van der Waals surface area contributed by atoms with E-state index < -0.39 is 0 Å². The molecule has 2 aromatic carbocycles. The number of nitrogens with zero attached hydrogens (tertiary/aromatic N) is 1. The average molecular weight is 311 g/mol. The number of hydrogen-bond acceptors (Lipinski definition) is 2. The zero-order valence-electron chi connectivity index (χ0n) is 12.4. The van der Waals surface area contributed by atoms with Gasteiger partial charge in [-0.3, -0.25) is 0 Å². The Morgan fingerprint density at radius 2 is 1.73 bits per heavy atom. The van der Waals surface area contributed by atoms with E-state index in [1.807, 2.05) is 36.4 Å². The fraction of sp³-hybridized carbons (Fsp3) is 0.316. The van der Waals surface area contributed by atoms with Gasteiger partial charge in [0.05, 0.1) is 12.0 Å². The predicted octanol–water partition coefficient (Wildman–Crippen LogP) is 4.61. The molecule has 3 heteroatoms. The van der Waals surface area contributed by atoms with E-state index in [1.165, 1.54) is 0 Å². The second kappa shape index (κ2) is 6.96. The van der Waals surface area contributed by atoms with Crippen molar-refractivity contribution in [3.05, 3.63) is 59.1 Å². The third-order valence-electron chi connectivity index (χ3n) is 4.45. The molecule has 0 radical (unpaired) electrons. The lowest BCUT2D eigenvalue weighted by Gasteiger charge is -2.28. The molecule has 0 bridgehead atoms. The summed E-state index contributed by atoms with van der Waals surface area (Å²) < 4.78 is 0. The van der Waals surface area contributed by atoms with E-state index in [9.17, 15) is 5.26 Å². The van der Waals surface area contributed by atoms with Gasteiger partial charge in [-0.1, -0.05) is 48.0 Å². The Kier molecular flexibility index (Phi) is 4.77. The van der Waals surface area contributed by atoms with Crippen molar-refractivity contribution < 1.29 is 0 Å². The number of nitrogens with one attached hydrogen (secondary N) is 1. The van der Waals surface area contributed by atoms with Crippen molar-refractivity contribution in [2.24, 2.45) is 5.92 Å². The molecule has 1 unspecified atom stereocenters. The van der Waals surface area contributed by atoms with Crippen LogP contribution in [0.4, 0.5) is 0 Å². The molecule has 1 fully saturated rings. The fourth-order valence-electron chi connectivity index (χ4n) is 3.27. The first kappa shape index (κ1) is 15.1. The monoisotopic (exact) mass is 310 g/mol. The summed E-state index contributed by atoms with van der Waals surface area (Å²) in [6, 6.07) is 18.7. The quantitative estimate of drug-likeness (QED) is 0.898. The SMILES string of the molecule is N#CC(c1ccccc1-c1ccc(Cl)cc1)C1CCNCC1. The van der Waals surface area contributed by atoms with Gasteiger partial charge in [0, 0.05) is 5.02 Å². The van der Waals surface area contributed by atoms with Crippen LogP contribution in [0.15, 0.2) is 48.5 Å². The minimum absolute atomic E-state index is 0.0472. The normalized spacial score (nSPS) is 16.9. The van der Waals surface area contributed by atoms with E-state index in [4.69, 9.17) is 11.6 Å². The maximum absolute atomic E-state index is 9.76. The molecule has 0 aromatic heterocycles. The largest absolute Gasteiger partial charge is 0.317 e. The molecule has 0 aliphatic carbocycles. The highest BCUT2D eigenvalue weighted by atomic mass is 35.5. The van der Waals surface area contributed by atoms with Crippen LogP contribution in [-0.2, 0) is 0 Å². The lowest BCUT2D eigenvalue weighted by atomic mass is 9.79. The highest BCUT2D eigenvalue weighted by Gasteiger charge is 2.26. The Morgan fingerprint density at radius 1 is 1.05 bits per heavy atom. The average Bonchev–Trinajstić information content (AvgIpc) is 2.58. The summed E-state index contributed by atoms with van der Waals surface area (Å²) in [6.07, 6.45) is 2.13. The van der Waals surface area contributed by atoms with Crippen molar-refractivity contribution in [1.82, 2.24) is 5.32 Å². The fourth-order valence-corrected chi connectivity index (χ4v) is 3.39. The van der Waals surface area contributed by atoms with Gasteiger partial charge in [-0.2, -0.15) is 5.26 Å². The molecule has 1 saturated heterocycles. The van der Waals surface area contributed by atoms with E-state index in [1.54, 1.807) is 0 Å². The molecule has 2 nitrogen and oxygen atoms in total. The molecule has 0 spiro atoms. The van der Waals surface area contributed by atoms with E-state index in [-0.39, 0.29) is 5.92 Å². The Hall–Kier alpha value is -1.82. The number of nitriles is 1. The molecular formula is C19H19ClN2. The van der Waals surface area contributed by atoms with E-state index in [0.717, 1.165) is 47.6 Å². The van der Waals surface area contributed by atoms with Crippen LogP contribution in [0, 0.1) is 17.2 Å². The first-order valence-corrected chi connectivity index (χ1v) is 8.12. The molecule has 3 rings (SSSR count). The molecule has 1 atom stereocenters. The number of hydrogen-bond donors (Lipinski definition) is 1. The Morgan fingerprint density at radius 3 is 2.41 bits per heavy atom. The summed E-state index contributed by atoms with van der Waals surface area (Å²) in [5, 5.41) is 13.9. The van der Waals surface area contributed by atoms with Gasteiger partial charge in [-0.05, 0) is 60.7 Å². The van der Waals surface area contributed by atoms with Crippen molar-refractivity contribution in [1.29, 1.82) is 5.26 Å². The standard InChI is InChI=1S/C19H19ClN2/c20-16-7-5-14(6-8-16)17-3-1-2-4-18(17)19(13-21)15-9-11-22-12-10-15/h1-8,15,19,22H,9-12H2. The van der Waals surface area contributed by atoms with E-state index in [0.29, 0.717) is 5.92 Å². The summed E-state index contributed by atoms with van der Waals surface area (Å²) in [7, 11) is 0. The van der Waals surface area contributed by atoms with Crippen molar-refractivity contribution >= 4 is 11.6 Å². The summed E-state index contributed by atoms with van der Waals surface area (Å²) >= 11 is 5.99. The maximum Gasteiger partial charge on any atom is 0.0747 e. The van der Waals surface area contributed by atoms with Gasteiger partial charge >= 0.3 is 0 Å². The molecule has 0 saturated carbocycles. The van der Waals surface area contributed by atoms with E-state index >= 15 is 0 Å². The first-order valence-electron chi connectivity index (χ1n) is 7.75. The summed E-state index contributed by atoms with van der Waals surface area (Å²) in [4.78, 5) is 0. The third-order valence-corrected chi connectivity index (χ3v) is 4.70. The molecule has 1 aliphatic heterocycles. The highest BCUT2D eigenvalue weighted by Crippen LogP contribution is 2.36. The topological polar surface area (TPSA) is 35.8 Å². The van der Waals surface area contributed by atoms with E-state index in [2.05, 4.69) is 23.5 Å². The van der Waals surface area contributed by atoms with Crippen LogP contribution < -0.4 is 5.32 Å². The van der Waals surface area contributed by atoms with Crippen LogP contribution in [0.25, 0.3) is 11.1 Å². The van der Waals surface area contributed by atoms with Gasteiger partial charge < -0.3 is 5.32 Å². The minimum Gasteiger partial charge on any atom is -0.317 e. The number of halogens is 1. The van der Waals surface area contributed by atoms with Gasteiger partial charge in [-0.25, -0.2) is 0 Å². The van der Waals surface area contributed by atoms with Crippen LogP contribution in [0.5, 0.6) is 0 Å². The van der Waals surface area contributed by atoms with Crippen molar-refractivity contribution in [2.75, 3.05) is 13.1 Å². The molecule has 2 aromatic rings. The lowest BCUT2D eigenvalue weighted by Crippen LogP contribution is -2.30. The summed E-state index contributed by atoms with van der Waals surface area (Å²) in [5.41, 5.74) is 3.40. The lowest BCUT2D eigenvalue weighted by molar-refractivity contribution is 0.351. The molecule has 1 aliphatic rings. The third kappa shape index (κ3) is 3.16. The summed E-state index contributed by atoms with van der Waals surface area (Å²) in [5.74, 6) is 0.383. The predicted molar refractivity (Wildman–Crippen MR) is 90.8 cm³/mol. The minimum atomic E-state index is -0.0472. The second-order valence-electron chi connectivity index (χ2n) is 5.79. The van der Waals surface area contributed by atoms with Crippen LogP contribution >= 0.6 is 11.6 Å². The maximum atomic E-state index is 9.76. The zero-order valence-corrected chi connectivity index (χ0v) is 13.2. The van der Waals surface area contributed by atoms with Crippen molar-refractivity contribution in [3.63, 3.8) is 0 Å². The molecule has 22 heavy (non-hydrogen) atoms. The number of rotatable bonds is 3. The molecule has 112 valence electrons. The van der Waals surface area contributed by atoms with Crippen molar-refractivity contribution in [3.8, 4) is 17.2 Å².